The van der Waals surface area contributed by atoms with Gasteiger partial charge in [-0.25, -0.2) is 13.1 Å². The lowest BCUT2D eigenvalue weighted by Crippen LogP contribution is -2.30. The number of hydrogen-bond donors (Lipinski definition) is 2. The number of nitrogens with two attached hydrogens (primary N) is 1. The van der Waals surface area contributed by atoms with E-state index in [2.05, 4.69) is 32.4 Å². The minimum Gasteiger partial charge on any atom is -0.326 e. The molecule has 0 saturated heterocycles. The Kier molecular flexibility index (Phi) is 3.70. The first kappa shape index (κ1) is 15.8. The van der Waals surface area contributed by atoms with Crippen molar-refractivity contribution in [1.29, 1.82) is 0 Å². The van der Waals surface area contributed by atoms with Crippen molar-refractivity contribution in [1.82, 2.24) is 4.72 Å². The van der Waals surface area contributed by atoms with Crippen molar-refractivity contribution in [3.8, 4) is 0 Å². The zero-order chi connectivity index (χ0) is 15.3. The molecule has 1 fully saturated rings. The number of benzene rings is 1. The summed E-state index contributed by atoms with van der Waals surface area (Å²) in [5.41, 5.74) is 6.15. The molecule has 0 amide bonds. The standard InChI is InChI=1S/C14H21ClN2O2S/c1-13(2)12(14(13,3)4)17-20(18,19)10-6-5-9(8-16)11(15)7-10/h5-7,12,17H,8,16H2,1-4H3. The SMILES string of the molecule is CC1(C)C(NS(=O)(=O)c2ccc(CN)c(Cl)c2)C1(C)C. The summed E-state index contributed by atoms with van der Waals surface area (Å²) < 4.78 is 27.6. The lowest BCUT2D eigenvalue weighted by molar-refractivity contribution is 0.457. The average Bonchev–Trinajstić information content (AvgIpc) is 2.71. The summed E-state index contributed by atoms with van der Waals surface area (Å²) in [5.74, 6) is 0. The Morgan fingerprint density at radius 2 is 1.80 bits per heavy atom. The van der Waals surface area contributed by atoms with Gasteiger partial charge in [-0.15, -0.1) is 0 Å². The fraction of sp³-hybridized carbons (Fsp3) is 0.571. The van der Waals surface area contributed by atoms with Gasteiger partial charge in [0.2, 0.25) is 10.0 Å². The molecule has 1 aliphatic rings. The average molecular weight is 317 g/mol. The minimum absolute atomic E-state index is 0.0545. The quantitative estimate of drug-likeness (QED) is 0.896. The number of rotatable bonds is 4. The summed E-state index contributed by atoms with van der Waals surface area (Å²) in [5, 5.41) is 0.379. The van der Waals surface area contributed by atoms with E-state index >= 15 is 0 Å². The molecule has 0 aromatic heterocycles. The second-order valence-electron chi connectivity index (χ2n) is 6.46. The van der Waals surface area contributed by atoms with Crippen LogP contribution in [-0.4, -0.2) is 14.5 Å². The van der Waals surface area contributed by atoms with Crippen LogP contribution in [0.25, 0.3) is 0 Å². The van der Waals surface area contributed by atoms with E-state index in [0.29, 0.717) is 5.02 Å². The summed E-state index contributed by atoms with van der Waals surface area (Å²) in [6.45, 7) is 8.53. The Bertz CT molecular complexity index is 625. The molecule has 3 N–H and O–H groups in total. The van der Waals surface area contributed by atoms with Crippen molar-refractivity contribution < 1.29 is 8.42 Å². The maximum Gasteiger partial charge on any atom is 0.240 e. The number of nitrogens with one attached hydrogen (secondary N) is 1. The van der Waals surface area contributed by atoms with E-state index in [9.17, 15) is 8.42 Å². The van der Waals surface area contributed by atoms with Crippen LogP contribution in [0.5, 0.6) is 0 Å². The minimum atomic E-state index is -3.56. The van der Waals surface area contributed by atoms with Crippen LogP contribution in [0.2, 0.25) is 5.02 Å². The van der Waals surface area contributed by atoms with E-state index < -0.39 is 10.0 Å². The molecule has 4 nitrogen and oxygen atoms in total. The molecule has 20 heavy (non-hydrogen) atoms. The highest BCUT2D eigenvalue weighted by atomic mass is 35.5. The van der Waals surface area contributed by atoms with E-state index in [1.54, 1.807) is 12.1 Å². The first-order chi connectivity index (χ1) is 9.04. The van der Waals surface area contributed by atoms with Gasteiger partial charge in [0.15, 0.2) is 0 Å². The largest absolute Gasteiger partial charge is 0.326 e. The molecule has 112 valence electrons. The molecule has 0 aliphatic heterocycles. The summed E-state index contributed by atoms with van der Waals surface area (Å²) in [6, 6.07) is 4.57. The van der Waals surface area contributed by atoms with E-state index in [4.69, 9.17) is 17.3 Å². The predicted octanol–water partition coefficient (Wildman–Crippen LogP) is 2.51. The molecule has 2 rings (SSSR count). The van der Waals surface area contributed by atoms with Crippen LogP contribution < -0.4 is 10.5 Å². The zero-order valence-corrected chi connectivity index (χ0v) is 13.8. The van der Waals surface area contributed by atoms with Gasteiger partial charge in [0.1, 0.15) is 0 Å². The van der Waals surface area contributed by atoms with Crippen LogP contribution in [-0.2, 0) is 16.6 Å². The third kappa shape index (κ3) is 2.37. The number of hydrogen-bond acceptors (Lipinski definition) is 3. The van der Waals surface area contributed by atoms with Crippen molar-refractivity contribution in [3.05, 3.63) is 28.8 Å². The van der Waals surface area contributed by atoms with Crippen LogP contribution in [0.4, 0.5) is 0 Å². The molecule has 0 unspecified atom stereocenters. The van der Waals surface area contributed by atoms with Gasteiger partial charge in [-0.3, -0.25) is 0 Å². The molecule has 1 aliphatic carbocycles. The monoisotopic (exact) mass is 316 g/mol. The van der Waals surface area contributed by atoms with Crippen molar-refractivity contribution in [2.75, 3.05) is 0 Å². The molecule has 0 bridgehead atoms. The van der Waals surface area contributed by atoms with Gasteiger partial charge in [0.25, 0.3) is 0 Å². The molecular formula is C14H21ClN2O2S. The fourth-order valence-corrected chi connectivity index (χ4v) is 4.45. The highest BCUT2D eigenvalue weighted by Crippen LogP contribution is 2.62. The van der Waals surface area contributed by atoms with Crippen molar-refractivity contribution >= 4 is 21.6 Å². The topological polar surface area (TPSA) is 72.2 Å². The zero-order valence-electron chi connectivity index (χ0n) is 12.2. The van der Waals surface area contributed by atoms with Gasteiger partial charge in [0, 0.05) is 17.6 Å². The summed E-state index contributed by atoms with van der Waals surface area (Å²) in [6.07, 6.45) is 0. The smallest absolute Gasteiger partial charge is 0.240 e. The van der Waals surface area contributed by atoms with Crippen LogP contribution in [0, 0.1) is 10.8 Å². The summed E-state index contributed by atoms with van der Waals surface area (Å²) >= 11 is 6.03. The molecule has 6 heteroatoms. The van der Waals surface area contributed by atoms with Gasteiger partial charge in [-0.1, -0.05) is 45.4 Å². The Hall–Kier alpha value is -0.620. The van der Waals surface area contributed by atoms with E-state index in [1.807, 2.05) is 0 Å². The first-order valence-corrected chi connectivity index (χ1v) is 8.41. The first-order valence-electron chi connectivity index (χ1n) is 6.55. The lowest BCUT2D eigenvalue weighted by Gasteiger charge is -2.10. The van der Waals surface area contributed by atoms with Crippen LogP contribution >= 0.6 is 11.6 Å². The second kappa shape index (κ2) is 4.70. The van der Waals surface area contributed by atoms with Crippen LogP contribution in [0.1, 0.15) is 33.3 Å². The maximum absolute atomic E-state index is 12.4. The van der Waals surface area contributed by atoms with Crippen LogP contribution in [0.15, 0.2) is 23.1 Å². The Morgan fingerprint density at radius 1 is 1.25 bits per heavy atom. The number of sulfonamides is 1. The van der Waals surface area contributed by atoms with E-state index in [1.165, 1.54) is 6.07 Å². The van der Waals surface area contributed by atoms with Crippen molar-refractivity contribution in [2.24, 2.45) is 16.6 Å². The Balaban J connectivity index is 2.27. The van der Waals surface area contributed by atoms with Gasteiger partial charge in [0.05, 0.1) is 4.90 Å². The lowest BCUT2D eigenvalue weighted by atomic mass is 10.0. The number of halogens is 1. The second-order valence-corrected chi connectivity index (χ2v) is 8.58. The normalized spacial score (nSPS) is 20.9. The molecule has 0 radical (unpaired) electrons. The molecule has 0 atom stereocenters. The Morgan fingerprint density at radius 3 is 2.20 bits per heavy atom. The molecule has 0 spiro atoms. The van der Waals surface area contributed by atoms with Gasteiger partial charge >= 0.3 is 0 Å². The highest BCUT2D eigenvalue weighted by molar-refractivity contribution is 7.89. The van der Waals surface area contributed by atoms with Crippen molar-refractivity contribution in [2.45, 2.75) is 45.2 Å². The Labute approximate surface area is 125 Å². The van der Waals surface area contributed by atoms with Gasteiger partial charge < -0.3 is 5.73 Å². The van der Waals surface area contributed by atoms with E-state index in [-0.39, 0.29) is 28.3 Å². The molecule has 1 aromatic rings. The highest BCUT2D eigenvalue weighted by Gasteiger charge is 2.66. The van der Waals surface area contributed by atoms with E-state index in [0.717, 1.165) is 5.56 Å². The third-order valence-corrected chi connectivity index (χ3v) is 6.62. The van der Waals surface area contributed by atoms with Gasteiger partial charge in [-0.05, 0) is 28.5 Å². The summed E-state index contributed by atoms with van der Waals surface area (Å²) in [7, 11) is -3.56. The van der Waals surface area contributed by atoms with Crippen molar-refractivity contribution in [3.63, 3.8) is 0 Å². The molecule has 0 heterocycles. The predicted molar refractivity (Wildman–Crippen MR) is 81.0 cm³/mol. The third-order valence-electron chi connectivity index (χ3n) is 4.85. The fourth-order valence-electron chi connectivity index (χ4n) is 2.57. The summed E-state index contributed by atoms with van der Waals surface area (Å²) in [4.78, 5) is 0.179. The molecule has 1 saturated carbocycles. The van der Waals surface area contributed by atoms with Gasteiger partial charge in [-0.2, -0.15) is 0 Å². The molecule has 1 aromatic carbocycles. The molecular weight excluding hydrogens is 296 g/mol. The van der Waals surface area contributed by atoms with Crippen LogP contribution in [0.3, 0.4) is 0 Å². The maximum atomic E-state index is 12.4.